The number of fused-ring (bicyclic) bond motifs is 10. The van der Waals surface area contributed by atoms with Crippen LogP contribution in [-0.2, 0) is 0 Å². The molecule has 0 saturated heterocycles. The summed E-state index contributed by atoms with van der Waals surface area (Å²) in [4.78, 5) is 27.5. The Bertz CT molecular complexity index is 2930. The first kappa shape index (κ1) is 25.8. The maximum absolute atomic E-state index is 13.8. The number of pyridine rings is 1. The summed E-state index contributed by atoms with van der Waals surface area (Å²) in [6, 6.07) is 50.4. The Labute approximate surface area is 275 Å². The summed E-state index contributed by atoms with van der Waals surface area (Å²) >= 11 is 0. The number of ketones is 1. The third-order valence-electron chi connectivity index (χ3n) is 10.7. The minimum absolute atomic E-state index is 0.0238. The number of Topliss-reactive ketones (excluding diaryl/α,β-unsaturated/α-hetero) is 1. The molecule has 0 aliphatic heterocycles. The number of para-hydroxylation sites is 1. The lowest BCUT2D eigenvalue weighted by atomic mass is 9.76. The van der Waals surface area contributed by atoms with Gasteiger partial charge in [-0.1, -0.05) is 109 Å². The van der Waals surface area contributed by atoms with Crippen molar-refractivity contribution >= 4 is 43.7 Å². The van der Waals surface area contributed by atoms with Gasteiger partial charge in [-0.15, -0.1) is 0 Å². The number of hydrogen-bond donors (Lipinski definition) is 0. The second-order valence-corrected chi connectivity index (χ2v) is 13.1. The summed E-state index contributed by atoms with van der Waals surface area (Å²) in [5.74, 6) is -0.0626. The van der Waals surface area contributed by atoms with E-state index in [2.05, 4.69) is 84.9 Å². The summed E-state index contributed by atoms with van der Waals surface area (Å²) in [6.07, 6.45) is 0. The minimum atomic E-state index is -0.250. The molecule has 0 saturated carbocycles. The zero-order valence-corrected chi connectivity index (χ0v) is 25.7. The fourth-order valence-corrected chi connectivity index (χ4v) is 8.65. The van der Waals surface area contributed by atoms with Gasteiger partial charge in [0.25, 0.3) is 5.56 Å². The minimum Gasteiger partial charge on any atom is -0.293 e. The molecule has 0 bridgehead atoms. The molecular formula is C45H25NO2. The Morgan fingerprint density at radius 1 is 0.417 bits per heavy atom. The smallest absolute Gasteiger partial charge is 0.263 e. The van der Waals surface area contributed by atoms with Gasteiger partial charge in [-0.25, -0.2) is 0 Å². The predicted molar refractivity (Wildman–Crippen MR) is 195 cm³/mol. The molecule has 2 aromatic heterocycles. The van der Waals surface area contributed by atoms with Crippen molar-refractivity contribution in [1.29, 1.82) is 0 Å². The first-order valence-electron chi connectivity index (χ1n) is 16.4. The fraction of sp³-hybridized carbons (Fsp3) is 0.0222. The van der Waals surface area contributed by atoms with Crippen LogP contribution in [0.2, 0.25) is 0 Å². The number of carbonyl (C=O) groups excluding carboxylic acids is 1. The van der Waals surface area contributed by atoms with Gasteiger partial charge < -0.3 is 0 Å². The van der Waals surface area contributed by atoms with Crippen LogP contribution < -0.4 is 5.56 Å². The molecule has 2 heterocycles. The molecule has 0 spiro atoms. The normalized spacial score (nSPS) is 14.6. The molecule has 0 radical (unpaired) electrons. The number of nitrogens with zero attached hydrogens (tertiary/aromatic N) is 1. The van der Waals surface area contributed by atoms with Crippen LogP contribution in [0.1, 0.15) is 27.4 Å². The van der Waals surface area contributed by atoms with E-state index < -0.39 is 0 Å². The number of aromatic nitrogens is 1. The third kappa shape index (κ3) is 3.22. The van der Waals surface area contributed by atoms with Crippen LogP contribution in [0.25, 0.3) is 82.5 Å². The van der Waals surface area contributed by atoms with Gasteiger partial charge in [-0.05, 0) is 97.4 Å². The van der Waals surface area contributed by atoms with Gasteiger partial charge in [0, 0.05) is 27.1 Å². The van der Waals surface area contributed by atoms with Crippen LogP contribution in [0.4, 0.5) is 0 Å². The van der Waals surface area contributed by atoms with Gasteiger partial charge in [-0.3, -0.25) is 14.0 Å². The van der Waals surface area contributed by atoms with Crippen LogP contribution in [0, 0.1) is 0 Å². The van der Waals surface area contributed by atoms with E-state index in [1.165, 1.54) is 0 Å². The largest absolute Gasteiger partial charge is 0.293 e. The molecule has 1 atom stereocenters. The van der Waals surface area contributed by atoms with Crippen LogP contribution >= 0.6 is 0 Å². The lowest BCUT2D eigenvalue weighted by Gasteiger charge is -2.25. The second-order valence-electron chi connectivity index (χ2n) is 13.1. The van der Waals surface area contributed by atoms with E-state index >= 15 is 0 Å². The highest BCUT2D eigenvalue weighted by molar-refractivity contribution is 6.21. The van der Waals surface area contributed by atoms with Crippen LogP contribution in [-0.4, -0.2) is 10.2 Å². The van der Waals surface area contributed by atoms with Crippen molar-refractivity contribution in [2.75, 3.05) is 0 Å². The standard InChI is InChI=1S/C45H25NO2/c47-44-34-14-5-2-10-30(34)37-22-27(21-36-29-9-1-4-13-33(29)42(44)41(36)37)25-17-19-26(20-18-25)28-23-38-31-11-3-6-15-35(31)45(48)46-40-16-8-7-12-32(40)39(24-28)43(38)46/h1-24,42H. The third-order valence-corrected chi connectivity index (χ3v) is 10.7. The summed E-state index contributed by atoms with van der Waals surface area (Å²) in [7, 11) is 0. The zero-order valence-electron chi connectivity index (χ0n) is 25.7. The fourth-order valence-electron chi connectivity index (χ4n) is 8.65. The first-order chi connectivity index (χ1) is 23.7. The molecule has 0 fully saturated rings. The monoisotopic (exact) mass is 611 g/mol. The van der Waals surface area contributed by atoms with Crippen molar-refractivity contribution in [3.05, 3.63) is 173 Å². The predicted octanol–water partition coefficient (Wildman–Crippen LogP) is 10.5. The molecule has 3 heteroatoms. The topological polar surface area (TPSA) is 38.5 Å². The zero-order chi connectivity index (χ0) is 31.7. The van der Waals surface area contributed by atoms with Crippen molar-refractivity contribution in [3.8, 4) is 44.5 Å². The van der Waals surface area contributed by atoms with Crippen molar-refractivity contribution in [2.45, 2.75) is 5.92 Å². The number of hydrogen-bond acceptors (Lipinski definition) is 2. The Morgan fingerprint density at radius 2 is 0.958 bits per heavy atom. The maximum Gasteiger partial charge on any atom is 0.263 e. The van der Waals surface area contributed by atoms with E-state index in [1.54, 1.807) is 0 Å². The summed E-state index contributed by atoms with van der Waals surface area (Å²) in [5, 5.41) is 4.96. The summed E-state index contributed by atoms with van der Waals surface area (Å²) < 4.78 is 1.89. The molecule has 48 heavy (non-hydrogen) atoms. The Kier molecular flexibility index (Phi) is 4.92. The van der Waals surface area contributed by atoms with Gasteiger partial charge in [-0.2, -0.15) is 0 Å². The molecule has 2 aliphatic carbocycles. The molecule has 9 aromatic rings. The molecule has 0 amide bonds. The molecule has 3 nitrogen and oxygen atoms in total. The van der Waals surface area contributed by atoms with E-state index in [9.17, 15) is 9.59 Å². The van der Waals surface area contributed by atoms with Crippen molar-refractivity contribution < 1.29 is 4.79 Å². The molecular weight excluding hydrogens is 587 g/mol. The average molecular weight is 612 g/mol. The van der Waals surface area contributed by atoms with E-state index in [0.29, 0.717) is 0 Å². The second kappa shape index (κ2) is 9.15. The van der Waals surface area contributed by atoms with Crippen molar-refractivity contribution in [3.63, 3.8) is 0 Å². The lowest BCUT2D eigenvalue weighted by Crippen LogP contribution is -2.18. The quantitative estimate of drug-likeness (QED) is 0.182. The average Bonchev–Trinajstić information content (AvgIpc) is 3.67. The number of carbonyl (C=O) groups is 1. The van der Waals surface area contributed by atoms with Crippen LogP contribution in [0.5, 0.6) is 0 Å². The van der Waals surface area contributed by atoms with Crippen LogP contribution in [0.3, 0.4) is 0 Å². The van der Waals surface area contributed by atoms with Crippen LogP contribution in [0.15, 0.2) is 150 Å². The molecule has 222 valence electrons. The molecule has 1 unspecified atom stereocenters. The van der Waals surface area contributed by atoms with Crippen molar-refractivity contribution in [1.82, 2.24) is 4.40 Å². The van der Waals surface area contributed by atoms with Gasteiger partial charge in [0.2, 0.25) is 0 Å². The SMILES string of the molecule is O=C1c2ccccc2-c2cc(-c3ccc(-c4cc5c6ccccc6c(=O)n6c7ccccc7c(c4)c56)cc3)cc3c2C1c1ccccc1-3. The number of benzene rings is 7. The molecule has 2 aliphatic rings. The van der Waals surface area contributed by atoms with Gasteiger partial charge in [0.1, 0.15) is 0 Å². The van der Waals surface area contributed by atoms with Crippen molar-refractivity contribution in [2.24, 2.45) is 0 Å². The first-order valence-corrected chi connectivity index (χ1v) is 16.4. The lowest BCUT2D eigenvalue weighted by molar-refractivity contribution is 0.0974. The highest BCUT2D eigenvalue weighted by Crippen LogP contribution is 2.54. The molecule has 7 aromatic carbocycles. The van der Waals surface area contributed by atoms with E-state index in [4.69, 9.17) is 0 Å². The molecule has 11 rings (SSSR count). The summed E-state index contributed by atoms with van der Waals surface area (Å²) in [6.45, 7) is 0. The highest BCUT2D eigenvalue weighted by atomic mass is 16.1. The highest BCUT2D eigenvalue weighted by Gasteiger charge is 2.41. The van der Waals surface area contributed by atoms with E-state index in [-0.39, 0.29) is 17.3 Å². The summed E-state index contributed by atoms with van der Waals surface area (Å²) in [5.41, 5.74) is 13.9. The van der Waals surface area contributed by atoms with Gasteiger partial charge in [0.05, 0.1) is 17.0 Å². The van der Waals surface area contributed by atoms with Gasteiger partial charge >= 0.3 is 0 Å². The van der Waals surface area contributed by atoms with E-state index in [0.717, 1.165) is 99.2 Å². The molecule has 0 N–H and O–H groups in total. The Hall–Kier alpha value is -6.32. The Balaban J connectivity index is 1.11. The van der Waals surface area contributed by atoms with Gasteiger partial charge in [0.15, 0.2) is 5.78 Å². The van der Waals surface area contributed by atoms with E-state index in [1.807, 2.05) is 65.1 Å². The Morgan fingerprint density at radius 3 is 1.71 bits per heavy atom. The number of rotatable bonds is 2. The maximum atomic E-state index is 13.8.